The number of hydrogen-bond donors (Lipinski definition) is 4. The summed E-state index contributed by atoms with van der Waals surface area (Å²) >= 11 is 0. The lowest BCUT2D eigenvalue weighted by Gasteiger charge is -2.29. The van der Waals surface area contributed by atoms with E-state index >= 15 is 0 Å². The molecule has 1 atom stereocenters. The average Bonchev–Trinajstić information content (AvgIpc) is 2.55. The fourth-order valence-electron chi connectivity index (χ4n) is 3.24. The van der Waals surface area contributed by atoms with Crippen LogP contribution in [-0.2, 0) is 6.42 Å². The molecule has 0 saturated heterocycles. The second kappa shape index (κ2) is 10.4. The maximum absolute atomic E-state index is 10.3. The quantitative estimate of drug-likeness (QED) is 0.268. The number of aryl methyl sites for hydroxylation is 1. The third-order valence-electron chi connectivity index (χ3n) is 4.47. The molecule has 5 heteroatoms. The number of aliphatic hydroxyl groups is 2. The fourth-order valence-corrected chi connectivity index (χ4v) is 3.24. The second-order valence-electron chi connectivity index (χ2n) is 6.83. The van der Waals surface area contributed by atoms with Gasteiger partial charge in [0.2, 0.25) is 0 Å². The molecule has 2 radical (unpaired) electrons. The Bertz CT molecular complexity index is 594. The number of unbranched alkanes of at least 4 members (excludes halogenated alkanes) is 2. The van der Waals surface area contributed by atoms with Gasteiger partial charge in [-0.05, 0) is 62.3 Å². The van der Waals surface area contributed by atoms with Crippen LogP contribution < -0.4 is 0 Å². The fraction of sp³-hybridized carbons (Fsp3) is 0.524. The minimum absolute atomic E-state index is 0.0532. The van der Waals surface area contributed by atoms with Gasteiger partial charge in [0.1, 0.15) is 17.2 Å². The Hall–Kier alpha value is -1.72. The Morgan fingerprint density at radius 2 is 1.81 bits per heavy atom. The van der Waals surface area contributed by atoms with E-state index in [4.69, 9.17) is 7.85 Å². The number of hydrogen-bond acceptors (Lipinski definition) is 4. The summed E-state index contributed by atoms with van der Waals surface area (Å²) in [6.45, 7) is 7.38. The largest absolute Gasteiger partial charge is 0.507 e. The molecule has 0 aliphatic heterocycles. The Morgan fingerprint density at radius 3 is 2.31 bits per heavy atom. The van der Waals surface area contributed by atoms with E-state index in [1.54, 1.807) is 24.3 Å². The topological polar surface area (TPSA) is 80.9 Å². The maximum Gasteiger partial charge on any atom is 0.160 e. The lowest BCUT2D eigenvalue weighted by Crippen LogP contribution is -2.32. The van der Waals surface area contributed by atoms with Gasteiger partial charge in [-0.1, -0.05) is 31.9 Å². The van der Waals surface area contributed by atoms with Crippen LogP contribution in [0.5, 0.6) is 11.5 Å². The highest BCUT2D eigenvalue weighted by molar-refractivity contribution is 6.15. The summed E-state index contributed by atoms with van der Waals surface area (Å²) in [6.07, 6.45) is 9.40. The smallest absolute Gasteiger partial charge is 0.160 e. The number of aromatic hydroxyl groups is 2. The van der Waals surface area contributed by atoms with E-state index in [1.165, 1.54) is 0 Å². The monoisotopic (exact) mass is 358 g/mol. The van der Waals surface area contributed by atoms with Crippen LogP contribution in [0.2, 0.25) is 0 Å². The van der Waals surface area contributed by atoms with Crippen LogP contribution in [0.25, 0.3) is 0 Å². The highest BCUT2D eigenvalue weighted by atomic mass is 16.5. The van der Waals surface area contributed by atoms with Gasteiger partial charge in [0.15, 0.2) is 7.85 Å². The number of phenols is 2. The lowest BCUT2D eigenvalue weighted by molar-refractivity contribution is -0.0556. The summed E-state index contributed by atoms with van der Waals surface area (Å²) in [6, 6.07) is 3.39. The van der Waals surface area contributed by atoms with Crippen molar-refractivity contribution >= 4 is 7.85 Å². The number of phenolic OH excluding ortho intramolecular Hbond substituents is 2. The van der Waals surface area contributed by atoms with E-state index in [0.717, 1.165) is 37.7 Å². The zero-order valence-electron chi connectivity index (χ0n) is 15.9. The maximum atomic E-state index is 10.3. The zero-order chi connectivity index (χ0) is 19.7. The number of benzene rings is 1. The van der Waals surface area contributed by atoms with Crippen molar-refractivity contribution < 1.29 is 20.4 Å². The van der Waals surface area contributed by atoms with Crippen LogP contribution in [-0.4, -0.2) is 34.0 Å². The van der Waals surface area contributed by atoms with Gasteiger partial charge >= 0.3 is 0 Å². The minimum atomic E-state index is -2.34. The first-order valence-electron chi connectivity index (χ1n) is 9.31. The van der Waals surface area contributed by atoms with Gasteiger partial charge in [-0.15, -0.1) is 6.58 Å². The Labute approximate surface area is 158 Å². The molecule has 0 spiro atoms. The van der Waals surface area contributed by atoms with Gasteiger partial charge < -0.3 is 20.4 Å². The molecule has 142 valence electrons. The molecule has 4 nitrogen and oxygen atoms in total. The molecule has 1 unspecified atom stereocenters. The highest BCUT2D eigenvalue weighted by Crippen LogP contribution is 2.42. The van der Waals surface area contributed by atoms with E-state index in [0.29, 0.717) is 24.0 Å². The van der Waals surface area contributed by atoms with Crippen molar-refractivity contribution in [1.82, 2.24) is 0 Å². The first-order chi connectivity index (χ1) is 12.2. The third kappa shape index (κ3) is 6.54. The number of allylic oxidation sites excluding steroid dienone is 2. The summed E-state index contributed by atoms with van der Waals surface area (Å²) < 4.78 is 0. The molecule has 0 fully saturated rings. The predicted octanol–water partition coefficient (Wildman–Crippen LogP) is 4.02. The molecule has 1 aliphatic rings. The molecule has 2 rings (SSSR count). The van der Waals surface area contributed by atoms with Crippen LogP contribution >= 0.6 is 0 Å². The molecular weight excluding hydrogens is 327 g/mol. The molecule has 26 heavy (non-hydrogen) atoms. The zero-order valence-corrected chi connectivity index (χ0v) is 15.9. The van der Waals surface area contributed by atoms with Gasteiger partial charge in [0.05, 0.1) is 0 Å². The Morgan fingerprint density at radius 1 is 1.23 bits per heavy atom. The average molecular weight is 358 g/mol. The molecule has 1 aliphatic carbocycles. The van der Waals surface area contributed by atoms with Gasteiger partial charge in [-0.2, -0.15) is 0 Å². The van der Waals surface area contributed by atoms with Crippen molar-refractivity contribution in [2.75, 3.05) is 0 Å². The van der Waals surface area contributed by atoms with E-state index in [2.05, 4.69) is 13.5 Å². The normalized spacial score (nSPS) is 17.1. The van der Waals surface area contributed by atoms with Crippen LogP contribution in [0.3, 0.4) is 0 Å². The molecule has 0 amide bonds. The van der Waals surface area contributed by atoms with Crippen LogP contribution in [0.4, 0.5) is 0 Å². The van der Waals surface area contributed by atoms with Crippen molar-refractivity contribution in [1.29, 1.82) is 0 Å². The summed E-state index contributed by atoms with van der Waals surface area (Å²) in [4.78, 5) is 0. The highest BCUT2D eigenvalue weighted by Gasteiger charge is 2.28. The lowest BCUT2D eigenvalue weighted by atomic mass is 9.76. The summed E-state index contributed by atoms with van der Waals surface area (Å²) in [7, 11) is 5.34. The third-order valence-corrected chi connectivity index (χ3v) is 4.47. The van der Waals surface area contributed by atoms with Gasteiger partial charge in [0.25, 0.3) is 0 Å². The van der Waals surface area contributed by atoms with E-state index < -0.39 is 5.69 Å². The Balaban J connectivity index is 0.00000105. The standard InChI is InChI=1S/C18H25BO4.C3H6/c1-2-3-4-6-12-9-15(20)17(16(21)10-12)13-7-5-8-14(11-13)18(19,22)23;1-3-2/h9-11,13,20-23H,2-8H2,1H3;3H,1H2,2H3. The van der Waals surface area contributed by atoms with Crippen LogP contribution in [0.1, 0.15) is 69.4 Å². The minimum Gasteiger partial charge on any atom is -0.507 e. The molecule has 0 heterocycles. The number of rotatable bonds is 6. The van der Waals surface area contributed by atoms with Crippen molar-refractivity contribution in [3.05, 3.63) is 47.6 Å². The summed E-state index contributed by atoms with van der Waals surface area (Å²) in [5.41, 5.74) is -0.677. The van der Waals surface area contributed by atoms with Crippen molar-refractivity contribution in [3.63, 3.8) is 0 Å². The molecule has 0 bridgehead atoms. The predicted molar refractivity (Wildman–Crippen MR) is 106 cm³/mol. The van der Waals surface area contributed by atoms with Crippen molar-refractivity contribution in [2.45, 2.75) is 70.4 Å². The summed E-state index contributed by atoms with van der Waals surface area (Å²) in [5.74, 6) is -0.166. The Kier molecular flexibility index (Phi) is 8.96. The molecule has 1 aromatic rings. The van der Waals surface area contributed by atoms with E-state index in [-0.39, 0.29) is 17.4 Å². The van der Waals surface area contributed by atoms with Gasteiger partial charge in [0, 0.05) is 11.5 Å². The molecule has 4 N–H and O–H groups in total. The SMILES string of the molecule is C=CC.[B]C(O)(O)C1=CC(c2c(O)cc(CCCCC)cc2O)CCC1. The molecule has 1 aromatic carbocycles. The molecule has 0 saturated carbocycles. The van der Waals surface area contributed by atoms with Crippen LogP contribution in [0.15, 0.2) is 36.4 Å². The van der Waals surface area contributed by atoms with E-state index in [1.807, 2.05) is 6.92 Å². The first kappa shape index (κ1) is 22.3. The van der Waals surface area contributed by atoms with Crippen LogP contribution in [0, 0.1) is 0 Å². The van der Waals surface area contributed by atoms with E-state index in [9.17, 15) is 20.4 Å². The molecule has 0 aromatic heterocycles. The van der Waals surface area contributed by atoms with Gasteiger partial charge in [-0.3, -0.25) is 0 Å². The summed E-state index contributed by atoms with van der Waals surface area (Å²) in [5, 5.41) is 39.7. The second-order valence-corrected chi connectivity index (χ2v) is 6.83. The first-order valence-corrected chi connectivity index (χ1v) is 9.31. The van der Waals surface area contributed by atoms with Crippen molar-refractivity contribution in [3.8, 4) is 11.5 Å². The van der Waals surface area contributed by atoms with Gasteiger partial charge in [-0.25, -0.2) is 0 Å². The molecular formula is C21H31BO4. The van der Waals surface area contributed by atoms with Crippen molar-refractivity contribution in [2.24, 2.45) is 0 Å².